The van der Waals surface area contributed by atoms with Crippen LogP contribution in [-0.4, -0.2) is 23.8 Å². The maximum Gasteiger partial charge on any atom is 0.266 e. The molecular formula is C21H13N3O4S. The van der Waals surface area contributed by atoms with Crippen molar-refractivity contribution in [3.05, 3.63) is 94.5 Å². The van der Waals surface area contributed by atoms with Crippen LogP contribution in [0, 0.1) is 0 Å². The van der Waals surface area contributed by atoms with Crippen LogP contribution in [0.25, 0.3) is 16.6 Å². The van der Waals surface area contributed by atoms with E-state index in [-0.39, 0.29) is 27.6 Å². The van der Waals surface area contributed by atoms with Gasteiger partial charge in [0.25, 0.3) is 15.6 Å². The van der Waals surface area contributed by atoms with E-state index in [1.54, 1.807) is 42.5 Å². The summed E-state index contributed by atoms with van der Waals surface area (Å²) in [5, 5.41) is 0.214. The van der Waals surface area contributed by atoms with Crippen molar-refractivity contribution in [2.24, 2.45) is 0 Å². The van der Waals surface area contributed by atoms with Gasteiger partial charge in [0, 0.05) is 5.69 Å². The van der Waals surface area contributed by atoms with E-state index < -0.39 is 15.6 Å². The number of fused-ring (bicyclic) bond motifs is 4. The quantitative estimate of drug-likeness (QED) is 0.499. The molecule has 0 saturated heterocycles. The molecule has 0 radical (unpaired) electrons. The van der Waals surface area contributed by atoms with Crippen LogP contribution in [0.5, 0.6) is 0 Å². The Morgan fingerprint density at radius 1 is 0.862 bits per heavy atom. The second-order valence-electron chi connectivity index (χ2n) is 6.57. The summed E-state index contributed by atoms with van der Waals surface area (Å²) in [5.74, 6) is -0.255. The van der Waals surface area contributed by atoms with E-state index in [2.05, 4.69) is 9.71 Å². The molecule has 5 rings (SSSR count). The highest BCUT2D eigenvalue weighted by Gasteiger charge is 2.30. The molecule has 0 bridgehead atoms. The number of hydrogen-bond acceptors (Lipinski definition) is 5. The first-order valence-electron chi connectivity index (χ1n) is 8.74. The van der Waals surface area contributed by atoms with Crippen molar-refractivity contribution in [1.82, 2.24) is 9.55 Å². The van der Waals surface area contributed by atoms with Crippen LogP contribution in [0.1, 0.15) is 16.2 Å². The largest absolute Gasteiger partial charge is 0.285 e. The first kappa shape index (κ1) is 17.3. The van der Waals surface area contributed by atoms with Gasteiger partial charge < -0.3 is 0 Å². The Hall–Kier alpha value is -3.78. The summed E-state index contributed by atoms with van der Waals surface area (Å²) in [6, 6.07) is 19.2. The number of carbonyl (C=O) groups excluding carboxylic acids is 1. The molecule has 7 nitrogen and oxygen atoms in total. The molecule has 0 saturated carbocycles. The Labute approximate surface area is 165 Å². The number of hydrogen-bond donors (Lipinski definition) is 1. The molecule has 0 aliphatic carbocycles. The third-order valence-electron chi connectivity index (χ3n) is 4.77. The minimum atomic E-state index is -3.80. The first-order valence-corrected chi connectivity index (χ1v) is 10.2. The van der Waals surface area contributed by atoms with Crippen molar-refractivity contribution in [2.75, 3.05) is 4.72 Å². The molecule has 0 unspecified atom stereocenters. The van der Waals surface area contributed by atoms with Crippen molar-refractivity contribution < 1.29 is 13.2 Å². The SMILES string of the molecule is O=C1c2ccccc2-n2c1nc1ccc(NS(=O)(=O)c3ccccc3)cc1c2=O. The standard InChI is InChI=1S/C21H13N3O4S/c25-19-15-8-4-5-9-18(15)24-20(19)22-17-11-10-13(12-16(17)21(24)26)23-29(27,28)14-6-2-1-3-7-14/h1-12,23H. The highest BCUT2D eigenvalue weighted by Crippen LogP contribution is 2.27. The topological polar surface area (TPSA) is 98.1 Å². The zero-order valence-electron chi connectivity index (χ0n) is 14.9. The zero-order valence-corrected chi connectivity index (χ0v) is 15.7. The van der Waals surface area contributed by atoms with Gasteiger partial charge in [0.05, 0.1) is 27.0 Å². The highest BCUT2D eigenvalue weighted by molar-refractivity contribution is 7.92. The van der Waals surface area contributed by atoms with E-state index in [0.29, 0.717) is 16.8 Å². The fourth-order valence-electron chi connectivity index (χ4n) is 3.42. The van der Waals surface area contributed by atoms with E-state index in [9.17, 15) is 18.0 Å². The lowest BCUT2D eigenvalue weighted by Gasteiger charge is -2.10. The van der Waals surface area contributed by atoms with Crippen LogP contribution in [0.2, 0.25) is 0 Å². The number of carbonyl (C=O) groups is 1. The predicted octanol–water partition coefficient (Wildman–Crippen LogP) is 2.73. The van der Waals surface area contributed by atoms with Crippen LogP contribution in [0.3, 0.4) is 0 Å². The van der Waals surface area contributed by atoms with Crippen LogP contribution in [0.15, 0.2) is 82.5 Å². The molecule has 142 valence electrons. The fraction of sp³-hybridized carbons (Fsp3) is 0. The molecule has 4 aromatic rings. The molecule has 1 aliphatic heterocycles. The number of ketones is 1. The molecule has 1 N–H and O–H groups in total. The van der Waals surface area contributed by atoms with Gasteiger partial charge in [-0.3, -0.25) is 18.9 Å². The lowest BCUT2D eigenvalue weighted by molar-refractivity contribution is 0.103. The minimum Gasteiger partial charge on any atom is -0.285 e. The summed E-state index contributed by atoms with van der Waals surface area (Å²) in [7, 11) is -3.80. The molecular weight excluding hydrogens is 390 g/mol. The van der Waals surface area contributed by atoms with Gasteiger partial charge in [-0.25, -0.2) is 13.4 Å². The molecule has 0 atom stereocenters. The Bertz CT molecular complexity index is 1480. The van der Waals surface area contributed by atoms with Gasteiger partial charge in [-0.2, -0.15) is 0 Å². The van der Waals surface area contributed by atoms with E-state index in [0.717, 1.165) is 0 Å². The summed E-state index contributed by atoms with van der Waals surface area (Å²) in [5.41, 5.74) is 1.02. The summed E-state index contributed by atoms with van der Waals surface area (Å²) in [6.45, 7) is 0. The summed E-state index contributed by atoms with van der Waals surface area (Å²) in [4.78, 5) is 30.1. The minimum absolute atomic E-state index is 0.0568. The van der Waals surface area contributed by atoms with Crippen molar-refractivity contribution >= 4 is 32.4 Å². The number of aromatic nitrogens is 2. The smallest absolute Gasteiger partial charge is 0.266 e. The van der Waals surface area contributed by atoms with Crippen LogP contribution >= 0.6 is 0 Å². The maximum atomic E-state index is 13.1. The molecule has 1 aliphatic rings. The van der Waals surface area contributed by atoms with Crippen molar-refractivity contribution in [2.45, 2.75) is 4.90 Å². The van der Waals surface area contributed by atoms with Crippen LogP contribution in [0.4, 0.5) is 5.69 Å². The monoisotopic (exact) mass is 403 g/mol. The second kappa shape index (κ2) is 6.11. The highest BCUT2D eigenvalue weighted by atomic mass is 32.2. The van der Waals surface area contributed by atoms with Crippen molar-refractivity contribution in [3.8, 4) is 5.69 Å². The number of sulfonamides is 1. The number of rotatable bonds is 3. The van der Waals surface area contributed by atoms with Crippen molar-refractivity contribution in [3.63, 3.8) is 0 Å². The van der Waals surface area contributed by atoms with Crippen molar-refractivity contribution in [1.29, 1.82) is 0 Å². The third kappa shape index (κ3) is 2.65. The summed E-state index contributed by atoms with van der Waals surface area (Å²) < 4.78 is 28.9. The Morgan fingerprint density at radius 2 is 1.59 bits per heavy atom. The van der Waals surface area contributed by atoms with Crippen LogP contribution < -0.4 is 10.3 Å². The number of anilines is 1. The molecule has 0 amide bonds. The van der Waals surface area contributed by atoms with Crippen LogP contribution in [-0.2, 0) is 10.0 Å². The summed E-state index contributed by atoms with van der Waals surface area (Å²) >= 11 is 0. The van der Waals surface area contributed by atoms with E-state index in [1.165, 1.54) is 34.9 Å². The van der Waals surface area contributed by atoms with Gasteiger partial charge in [-0.05, 0) is 42.5 Å². The zero-order chi connectivity index (χ0) is 20.2. The Balaban J connectivity index is 1.65. The predicted molar refractivity (Wildman–Crippen MR) is 108 cm³/mol. The number of para-hydroxylation sites is 1. The lowest BCUT2D eigenvalue weighted by Crippen LogP contribution is -2.22. The lowest BCUT2D eigenvalue weighted by atomic mass is 10.1. The Morgan fingerprint density at radius 3 is 2.38 bits per heavy atom. The molecule has 1 aromatic heterocycles. The van der Waals surface area contributed by atoms with Gasteiger partial charge in [-0.1, -0.05) is 30.3 Å². The van der Waals surface area contributed by atoms with E-state index in [1.807, 2.05) is 0 Å². The number of nitrogens with zero attached hydrogens (tertiary/aromatic N) is 2. The molecule has 3 aromatic carbocycles. The van der Waals surface area contributed by atoms with Gasteiger partial charge in [0.2, 0.25) is 5.78 Å². The number of nitrogens with one attached hydrogen (secondary N) is 1. The second-order valence-corrected chi connectivity index (χ2v) is 8.26. The molecule has 8 heteroatoms. The molecule has 0 fully saturated rings. The number of benzene rings is 3. The van der Waals surface area contributed by atoms with Gasteiger partial charge >= 0.3 is 0 Å². The Kier molecular flexibility index (Phi) is 3.65. The first-order chi connectivity index (χ1) is 14.0. The molecule has 2 heterocycles. The normalized spacial score (nSPS) is 12.6. The van der Waals surface area contributed by atoms with Gasteiger partial charge in [0.1, 0.15) is 0 Å². The average molecular weight is 403 g/mol. The molecule has 29 heavy (non-hydrogen) atoms. The maximum absolute atomic E-state index is 13.1. The van der Waals surface area contributed by atoms with Gasteiger partial charge in [0.15, 0.2) is 5.82 Å². The molecule has 0 spiro atoms. The third-order valence-corrected chi connectivity index (χ3v) is 6.16. The average Bonchev–Trinajstić information content (AvgIpc) is 3.02. The summed E-state index contributed by atoms with van der Waals surface area (Å²) in [6.07, 6.45) is 0. The van der Waals surface area contributed by atoms with E-state index >= 15 is 0 Å². The van der Waals surface area contributed by atoms with E-state index in [4.69, 9.17) is 0 Å². The van der Waals surface area contributed by atoms with Gasteiger partial charge in [-0.15, -0.1) is 0 Å². The fourth-order valence-corrected chi connectivity index (χ4v) is 4.49.